The van der Waals surface area contributed by atoms with Crippen molar-refractivity contribution in [2.24, 2.45) is 5.92 Å². The van der Waals surface area contributed by atoms with Gasteiger partial charge < -0.3 is 20.9 Å². The van der Waals surface area contributed by atoms with Gasteiger partial charge in [0.05, 0.1) is 5.69 Å². The third-order valence-electron chi connectivity index (χ3n) is 5.77. The fourth-order valence-electron chi connectivity index (χ4n) is 4.11. The normalized spacial score (nSPS) is 20.4. The van der Waals surface area contributed by atoms with Gasteiger partial charge in [0, 0.05) is 36.0 Å². The second-order valence-corrected chi connectivity index (χ2v) is 8.77. The first-order chi connectivity index (χ1) is 15.8. The Labute approximate surface area is 196 Å². The molecule has 33 heavy (non-hydrogen) atoms. The van der Waals surface area contributed by atoms with Crippen LogP contribution in [0.5, 0.6) is 0 Å². The number of rotatable bonds is 4. The summed E-state index contributed by atoms with van der Waals surface area (Å²) in [6, 6.07) is 9.49. The lowest BCUT2D eigenvalue weighted by molar-refractivity contribution is -0.119. The molecule has 0 saturated carbocycles. The summed E-state index contributed by atoms with van der Waals surface area (Å²) in [5, 5.41) is 8.64. The zero-order valence-corrected chi connectivity index (χ0v) is 18.9. The highest BCUT2D eigenvalue weighted by Gasteiger charge is 2.38. The minimum absolute atomic E-state index is 0.00113. The number of halogens is 2. The first-order valence-corrected chi connectivity index (χ1v) is 11.2. The summed E-state index contributed by atoms with van der Waals surface area (Å²) in [5.41, 5.74) is 0.978. The Morgan fingerprint density at radius 3 is 2.61 bits per heavy atom. The minimum Gasteiger partial charge on any atom is -0.338 e. The molecule has 2 unspecified atom stereocenters. The van der Waals surface area contributed by atoms with E-state index >= 15 is 0 Å². The smallest absolute Gasteiger partial charge is 0.322 e. The number of likely N-dealkylation sites (tertiary alicyclic amines) is 1. The molecule has 0 spiro atoms. The molecule has 2 heterocycles. The molecule has 2 aliphatic heterocycles. The topological polar surface area (TPSA) is 93.8 Å². The molecule has 2 aromatic rings. The summed E-state index contributed by atoms with van der Waals surface area (Å²) in [4.78, 5) is 40.7. The molecule has 0 aromatic heterocycles. The summed E-state index contributed by atoms with van der Waals surface area (Å²) in [5.74, 6) is -1.00. The van der Waals surface area contributed by atoms with Gasteiger partial charge in [0.2, 0.25) is 5.91 Å². The third kappa shape index (κ3) is 5.19. The van der Waals surface area contributed by atoms with Crippen LogP contribution < -0.4 is 20.9 Å². The van der Waals surface area contributed by atoms with Gasteiger partial charge in [-0.05, 0) is 61.2 Å². The average molecular weight is 474 g/mol. The first kappa shape index (κ1) is 22.8. The number of anilines is 3. The van der Waals surface area contributed by atoms with Crippen molar-refractivity contribution in [3.05, 3.63) is 53.3 Å². The van der Waals surface area contributed by atoms with Crippen molar-refractivity contribution in [3.63, 3.8) is 0 Å². The number of urea groups is 2. The molecule has 8 nitrogen and oxygen atoms in total. The minimum atomic E-state index is -0.737. The quantitative estimate of drug-likeness (QED) is 0.618. The van der Waals surface area contributed by atoms with Gasteiger partial charge >= 0.3 is 12.1 Å². The largest absolute Gasteiger partial charge is 0.338 e. The number of amides is 5. The van der Waals surface area contributed by atoms with Crippen molar-refractivity contribution in [3.8, 4) is 0 Å². The molecule has 3 N–H and O–H groups in total. The third-order valence-corrected chi connectivity index (χ3v) is 6.02. The maximum atomic E-state index is 14.8. The highest BCUT2D eigenvalue weighted by molar-refractivity contribution is 6.30. The van der Waals surface area contributed by atoms with Crippen LogP contribution in [-0.2, 0) is 4.79 Å². The Morgan fingerprint density at radius 2 is 1.91 bits per heavy atom. The first-order valence-electron chi connectivity index (χ1n) is 10.8. The lowest BCUT2D eigenvalue weighted by atomic mass is 10.1. The van der Waals surface area contributed by atoms with Gasteiger partial charge in [0.15, 0.2) is 0 Å². The number of hydrogen-bond donors (Lipinski definition) is 3. The average Bonchev–Trinajstić information content (AvgIpc) is 3.19. The summed E-state index contributed by atoms with van der Waals surface area (Å²) < 4.78 is 14.8. The van der Waals surface area contributed by atoms with E-state index in [4.69, 9.17) is 11.6 Å². The number of carbonyl (C=O) groups excluding carboxylic acids is 3. The molecule has 174 valence electrons. The summed E-state index contributed by atoms with van der Waals surface area (Å²) in [6.07, 6.45) is 1.23. The van der Waals surface area contributed by atoms with Crippen LogP contribution in [0.3, 0.4) is 0 Å². The van der Waals surface area contributed by atoms with E-state index in [1.54, 1.807) is 30.3 Å². The van der Waals surface area contributed by atoms with Crippen molar-refractivity contribution in [2.45, 2.75) is 25.8 Å². The van der Waals surface area contributed by atoms with E-state index in [0.29, 0.717) is 42.5 Å². The van der Waals surface area contributed by atoms with Gasteiger partial charge in [-0.2, -0.15) is 0 Å². The van der Waals surface area contributed by atoms with Crippen LogP contribution in [0.25, 0.3) is 0 Å². The number of benzene rings is 2. The molecule has 0 radical (unpaired) electrons. The highest BCUT2D eigenvalue weighted by atomic mass is 35.5. The van der Waals surface area contributed by atoms with Crippen LogP contribution in [0, 0.1) is 11.7 Å². The van der Waals surface area contributed by atoms with E-state index in [-0.39, 0.29) is 17.6 Å². The number of nitrogens with one attached hydrogen (secondary N) is 3. The van der Waals surface area contributed by atoms with E-state index < -0.39 is 23.8 Å². The zero-order valence-electron chi connectivity index (χ0n) is 18.1. The van der Waals surface area contributed by atoms with Crippen LogP contribution in [-0.4, -0.2) is 48.5 Å². The van der Waals surface area contributed by atoms with Crippen LogP contribution >= 0.6 is 11.6 Å². The lowest BCUT2D eigenvalue weighted by Gasteiger charge is -2.28. The van der Waals surface area contributed by atoms with Crippen molar-refractivity contribution >= 4 is 46.6 Å². The van der Waals surface area contributed by atoms with Gasteiger partial charge in [0.1, 0.15) is 11.9 Å². The van der Waals surface area contributed by atoms with Gasteiger partial charge in [-0.3, -0.25) is 9.69 Å². The summed E-state index contributed by atoms with van der Waals surface area (Å²) >= 11 is 5.88. The standard InChI is InChI=1S/C23H25ClFN5O3/c1-14-11-20(30(13-14)23(33)27-16-5-3-15(24)4-6-16)21(31)28-19-8-7-17(12-18(19)25)29-10-2-9-26-22(29)32/h3-8,12,14,20H,2,9-11,13H2,1H3,(H,26,32)(H,27,33)(H,28,31). The van der Waals surface area contributed by atoms with Crippen LogP contribution in [0.15, 0.2) is 42.5 Å². The molecule has 0 aliphatic carbocycles. The van der Waals surface area contributed by atoms with Crippen LogP contribution in [0.4, 0.5) is 31.0 Å². The lowest BCUT2D eigenvalue weighted by Crippen LogP contribution is -2.46. The van der Waals surface area contributed by atoms with Crippen molar-refractivity contribution in [1.29, 1.82) is 0 Å². The molecule has 2 saturated heterocycles. The van der Waals surface area contributed by atoms with Gasteiger partial charge in [-0.1, -0.05) is 18.5 Å². The molecule has 4 rings (SSSR count). The van der Waals surface area contributed by atoms with E-state index in [1.807, 2.05) is 6.92 Å². The highest BCUT2D eigenvalue weighted by Crippen LogP contribution is 2.27. The molecule has 2 atom stereocenters. The molecule has 2 aromatic carbocycles. The number of hydrogen-bond acceptors (Lipinski definition) is 3. The van der Waals surface area contributed by atoms with E-state index in [9.17, 15) is 18.8 Å². The van der Waals surface area contributed by atoms with Gasteiger partial charge in [-0.15, -0.1) is 0 Å². The van der Waals surface area contributed by atoms with Crippen molar-refractivity contribution < 1.29 is 18.8 Å². The fraction of sp³-hybridized carbons (Fsp3) is 0.348. The predicted octanol–water partition coefficient (Wildman–Crippen LogP) is 4.28. The Balaban J connectivity index is 1.44. The maximum absolute atomic E-state index is 14.8. The Morgan fingerprint density at radius 1 is 1.15 bits per heavy atom. The molecule has 0 bridgehead atoms. The zero-order chi connectivity index (χ0) is 23.5. The Bertz CT molecular complexity index is 1060. The Kier molecular flexibility index (Phi) is 6.69. The molecular formula is C23H25ClFN5O3. The summed E-state index contributed by atoms with van der Waals surface area (Å²) in [7, 11) is 0. The molecule has 10 heteroatoms. The van der Waals surface area contributed by atoms with Gasteiger partial charge in [-0.25, -0.2) is 14.0 Å². The van der Waals surface area contributed by atoms with E-state index in [1.165, 1.54) is 21.9 Å². The second-order valence-electron chi connectivity index (χ2n) is 8.34. The van der Waals surface area contributed by atoms with Crippen LogP contribution in [0.1, 0.15) is 19.8 Å². The van der Waals surface area contributed by atoms with Gasteiger partial charge in [0.25, 0.3) is 0 Å². The molecule has 5 amide bonds. The fourth-order valence-corrected chi connectivity index (χ4v) is 4.24. The molecular weight excluding hydrogens is 449 g/mol. The second kappa shape index (κ2) is 9.66. The predicted molar refractivity (Wildman–Crippen MR) is 125 cm³/mol. The monoisotopic (exact) mass is 473 g/mol. The van der Waals surface area contributed by atoms with Crippen molar-refractivity contribution in [1.82, 2.24) is 10.2 Å². The summed E-state index contributed by atoms with van der Waals surface area (Å²) in [6.45, 7) is 3.44. The van der Waals surface area contributed by atoms with E-state index in [2.05, 4.69) is 16.0 Å². The van der Waals surface area contributed by atoms with Crippen molar-refractivity contribution in [2.75, 3.05) is 35.2 Å². The van der Waals surface area contributed by atoms with Crippen LogP contribution in [0.2, 0.25) is 5.02 Å². The molecule has 2 fully saturated rings. The Hall–Kier alpha value is -3.33. The van der Waals surface area contributed by atoms with E-state index in [0.717, 1.165) is 6.42 Å². The number of nitrogens with zero attached hydrogens (tertiary/aromatic N) is 2. The SMILES string of the molecule is CC1CC(C(=O)Nc2ccc(N3CCCNC3=O)cc2F)N(C(=O)Nc2ccc(Cl)cc2)C1. The molecule has 2 aliphatic rings. The number of carbonyl (C=O) groups is 3. The maximum Gasteiger partial charge on any atom is 0.322 e.